The van der Waals surface area contributed by atoms with E-state index in [0.29, 0.717) is 36.7 Å². The fraction of sp³-hybridized carbons (Fsp3) is 0.417. The van der Waals surface area contributed by atoms with E-state index in [9.17, 15) is 18.0 Å². The lowest BCUT2D eigenvalue weighted by Crippen LogP contribution is -2.41. The minimum absolute atomic E-state index is 0.0561. The van der Waals surface area contributed by atoms with Crippen LogP contribution in [-0.2, 0) is 18.1 Å². The van der Waals surface area contributed by atoms with Gasteiger partial charge in [0.1, 0.15) is 0 Å². The largest absolute Gasteiger partial charge is 0.416 e. The number of aliphatic imine (C=N–C) groups is 1. The van der Waals surface area contributed by atoms with E-state index >= 15 is 0 Å². The van der Waals surface area contributed by atoms with Crippen molar-refractivity contribution in [3.8, 4) is 0 Å². The molecule has 1 aliphatic carbocycles. The number of hydrogen-bond acceptors (Lipinski definition) is 2. The topological polar surface area (TPSA) is 56.7 Å². The van der Waals surface area contributed by atoms with Crippen molar-refractivity contribution in [3.05, 3.63) is 70.8 Å². The second-order valence-corrected chi connectivity index (χ2v) is 8.30. The number of nitrogens with one attached hydrogen (secondary N) is 2. The van der Waals surface area contributed by atoms with Crippen molar-refractivity contribution in [1.29, 1.82) is 0 Å². The molecule has 0 bridgehead atoms. The second kappa shape index (κ2) is 9.63. The minimum atomic E-state index is -4.34. The highest BCUT2D eigenvalue weighted by Gasteiger charge is 2.45. The Labute approximate surface area is 186 Å². The summed E-state index contributed by atoms with van der Waals surface area (Å²) in [6, 6.07) is 12.9. The fourth-order valence-corrected chi connectivity index (χ4v) is 3.52. The van der Waals surface area contributed by atoms with E-state index < -0.39 is 11.7 Å². The lowest BCUT2D eigenvalue weighted by Gasteiger charge is -2.20. The Morgan fingerprint density at radius 2 is 1.78 bits per heavy atom. The number of guanidine groups is 1. The second-order valence-electron chi connectivity index (χ2n) is 8.30. The molecule has 0 spiro atoms. The number of nitrogens with zero attached hydrogens (tertiary/aromatic N) is 2. The number of carbonyl (C=O) groups excluding carboxylic acids is 1. The Hall–Kier alpha value is -3.03. The summed E-state index contributed by atoms with van der Waals surface area (Å²) in [7, 11) is 3.42. The van der Waals surface area contributed by atoms with Gasteiger partial charge in [-0.25, -0.2) is 4.99 Å². The van der Waals surface area contributed by atoms with Gasteiger partial charge in [-0.15, -0.1) is 0 Å². The molecule has 1 amide bonds. The molecule has 1 aliphatic rings. The summed E-state index contributed by atoms with van der Waals surface area (Å²) in [5, 5.41) is 6.47. The summed E-state index contributed by atoms with van der Waals surface area (Å²) >= 11 is 0. The number of benzene rings is 2. The summed E-state index contributed by atoms with van der Waals surface area (Å²) < 4.78 is 39.3. The summed E-state index contributed by atoms with van der Waals surface area (Å²) in [5.41, 5.74) is 1.36. The number of carbonyl (C=O) groups is 1. The van der Waals surface area contributed by atoms with Crippen LogP contribution in [-0.4, -0.2) is 44.0 Å². The molecule has 0 saturated heterocycles. The number of halogens is 3. The average Bonchev–Trinajstić information content (AvgIpc) is 3.56. The molecule has 0 atom stereocenters. The fourth-order valence-electron chi connectivity index (χ4n) is 3.52. The van der Waals surface area contributed by atoms with E-state index in [4.69, 9.17) is 0 Å². The molecule has 0 aromatic heterocycles. The van der Waals surface area contributed by atoms with E-state index in [2.05, 4.69) is 15.6 Å². The molecule has 0 radical (unpaired) electrons. The van der Waals surface area contributed by atoms with E-state index in [1.165, 1.54) is 17.0 Å². The summed E-state index contributed by atoms with van der Waals surface area (Å²) in [6.07, 6.45) is -2.67. The third kappa shape index (κ3) is 5.81. The summed E-state index contributed by atoms with van der Waals surface area (Å²) in [4.78, 5) is 18.1. The predicted octanol–water partition coefficient (Wildman–Crippen LogP) is 4.19. The average molecular weight is 447 g/mol. The van der Waals surface area contributed by atoms with E-state index in [1.54, 1.807) is 32.3 Å². The number of hydrogen-bond donors (Lipinski definition) is 2. The zero-order valence-electron chi connectivity index (χ0n) is 18.6. The Bertz CT molecular complexity index is 964. The van der Waals surface area contributed by atoms with Crippen molar-refractivity contribution in [1.82, 2.24) is 15.5 Å². The Morgan fingerprint density at radius 1 is 1.09 bits per heavy atom. The molecule has 5 nitrogen and oxygen atoms in total. The molecule has 0 aliphatic heterocycles. The quantitative estimate of drug-likeness (QED) is 0.495. The molecular formula is C24H29F3N4O. The summed E-state index contributed by atoms with van der Waals surface area (Å²) in [6.45, 7) is 3.55. The molecule has 1 fully saturated rings. The first-order valence-corrected chi connectivity index (χ1v) is 10.7. The van der Waals surface area contributed by atoms with Gasteiger partial charge in [-0.3, -0.25) is 4.79 Å². The van der Waals surface area contributed by atoms with Gasteiger partial charge in [-0.05, 0) is 49.1 Å². The van der Waals surface area contributed by atoms with Crippen molar-refractivity contribution in [2.75, 3.05) is 27.2 Å². The first-order chi connectivity index (χ1) is 15.1. The van der Waals surface area contributed by atoms with Crippen LogP contribution in [0.25, 0.3) is 0 Å². The first kappa shape index (κ1) is 23.6. The van der Waals surface area contributed by atoms with Crippen LogP contribution in [0, 0.1) is 0 Å². The molecule has 3 rings (SSSR count). The normalized spacial score (nSPS) is 15.2. The molecule has 172 valence electrons. The van der Waals surface area contributed by atoms with Crippen LogP contribution in [0.3, 0.4) is 0 Å². The highest BCUT2D eigenvalue weighted by Crippen LogP contribution is 2.48. The molecule has 2 aromatic rings. The molecule has 8 heteroatoms. The minimum Gasteiger partial charge on any atom is -0.357 e. The standard InChI is InChI=1S/C24H29F3N4O/c1-4-28-22(29-15-17-8-10-18(11-9-17)21(32)31(2)3)30-16-23(12-13-23)19-6-5-7-20(14-19)24(25,26)27/h5-11,14H,4,12-13,15-16H2,1-3H3,(H2,28,29,30). The third-order valence-electron chi connectivity index (χ3n) is 5.62. The Kier molecular flexibility index (Phi) is 7.11. The predicted molar refractivity (Wildman–Crippen MR) is 120 cm³/mol. The van der Waals surface area contributed by atoms with Gasteiger partial charge in [-0.1, -0.05) is 30.3 Å². The van der Waals surface area contributed by atoms with Gasteiger partial charge in [0.2, 0.25) is 0 Å². The third-order valence-corrected chi connectivity index (χ3v) is 5.62. The van der Waals surface area contributed by atoms with E-state index in [1.807, 2.05) is 19.1 Å². The highest BCUT2D eigenvalue weighted by molar-refractivity contribution is 5.93. The SMILES string of the molecule is CCNC(=NCc1ccc(C(=O)N(C)C)cc1)NCC1(c2cccc(C(F)(F)F)c2)CC1. The van der Waals surface area contributed by atoms with Crippen molar-refractivity contribution in [3.63, 3.8) is 0 Å². The molecule has 2 N–H and O–H groups in total. The van der Waals surface area contributed by atoms with E-state index in [0.717, 1.165) is 24.5 Å². The lowest BCUT2D eigenvalue weighted by molar-refractivity contribution is -0.137. The summed E-state index contributed by atoms with van der Waals surface area (Å²) in [5.74, 6) is 0.554. The zero-order chi connectivity index (χ0) is 23.4. The van der Waals surface area contributed by atoms with Crippen LogP contribution in [0.4, 0.5) is 13.2 Å². The molecular weight excluding hydrogens is 417 g/mol. The Balaban J connectivity index is 1.65. The van der Waals surface area contributed by atoms with Gasteiger partial charge in [-0.2, -0.15) is 13.2 Å². The van der Waals surface area contributed by atoms with Crippen LogP contribution >= 0.6 is 0 Å². The van der Waals surface area contributed by atoms with Crippen molar-refractivity contribution in [2.45, 2.75) is 37.9 Å². The maximum atomic E-state index is 13.1. The maximum Gasteiger partial charge on any atom is 0.416 e. The van der Waals surface area contributed by atoms with Crippen molar-refractivity contribution < 1.29 is 18.0 Å². The number of amides is 1. The van der Waals surface area contributed by atoms with Crippen LogP contribution in [0.1, 0.15) is 46.8 Å². The van der Waals surface area contributed by atoms with Gasteiger partial charge in [0, 0.05) is 38.2 Å². The Morgan fingerprint density at radius 3 is 2.34 bits per heavy atom. The van der Waals surface area contributed by atoms with E-state index in [-0.39, 0.29) is 11.3 Å². The van der Waals surface area contributed by atoms with Crippen LogP contribution in [0.5, 0.6) is 0 Å². The van der Waals surface area contributed by atoms with Gasteiger partial charge < -0.3 is 15.5 Å². The smallest absolute Gasteiger partial charge is 0.357 e. The molecule has 1 saturated carbocycles. The van der Waals surface area contributed by atoms with Gasteiger partial charge in [0.15, 0.2) is 5.96 Å². The van der Waals surface area contributed by atoms with Gasteiger partial charge in [0.05, 0.1) is 12.1 Å². The van der Waals surface area contributed by atoms with Crippen molar-refractivity contribution in [2.24, 2.45) is 4.99 Å². The monoisotopic (exact) mass is 446 g/mol. The zero-order valence-corrected chi connectivity index (χ0v) is 18.6. The first-order valence-electron chi connectivity index (χ1n) is 10.7. The molecule has 0 unspecified atom stereocenters. The number of rotatable bonds is 7. The maximum absolute atomic E-state index is 13.1. The van der Waals surface area contributed by atoms with Crippen LogP contribution in [0.15, 0.2) is 53.5 Å². The van der Waals surface area contributed by atoms with Gasteiger partial charge >= 0.3 is 6.18 Å². The van der Waals surface area contributed by atoms with Crippen LogP contribution < -0.4 is 10.6 Å². The van der Waals surface area contributed by atoms with Crippen molar-refractivity contribution >= 4 is 11.9 Å². The molecule has 32 heavy (non-hydrogen) atoms. The lowest BCUT2D eigenvalue weighted by atomic mass is 9.94. The highest BCUT2D eigenvalue weighted by atomic mass is 19.4. The molecule has 0 heterocycles. The van der Waals surface area contributed by atoms with Gasteiger partial charge in [0.25, 0.3) is 5.91 Å². The number of alkyl halides is 3. The van der Waals surface area contributed by atoms with Crippen LogP contribution in [0.2, 0.25) is 0 Å². The molecule has 2 aromatic carbocycles.